The molecule has 4 nitrogen and oxygen atoms in total. The Bertz CT molecular complexity index is 298. The van der Waals surface area contributed by atoms with Crippen LogP contribution < -0.4 is 0 Å². The van der Waals surface area contributed by atoms with Gasteiger partial charge in [0.1, 0.15) is 0 Å². The van der Waals surface area contributed by atoms with Crippen LogP contribution >= 0.6 is 7.82 Å². The molecule has 0 rings (SSSR count). The van der Waals surface area contributed by atoms with E-state index in [0.29, 0.717) is 6.61 Å². The first-order valence-corrected chi connectivity index (χ1v) is 11.6. The van der Waals surface area contributed by atoms with E-state index in [-0.39, 0.29) is 12.2 Å². The SMILES string of the molecule is CCCCC(CCC)OP(=O)(OCCC)OC(CCC)CCCC. The van der Waals surface area contributed by atoms with Crippen LogP contribution in [0.15, 0.2) is 0 Å². The zero-order valence-corrected chi connectivity index (χ0v) is 17.6. The number of hydrogen-bond acceptors (Lipinski definition) is 4. The lowest BCUT2D eigenvalue weighted by molar-refractivity contribution is 0.0401. The van der Waals surface area contributed by atoms with Crippen LogP contribution in [0.5, 0.6) is 0 Å². The van der Waals surface area contributed by atoms with Gasteiger partial charge in [0.25, 0.3) is 0 Å². The summed E-state index contributed by atoms with van der Waals surface area (Å²) in [5, 5.41) is 0. The van der Waals surface area contributed by atoms with Gasteiger partial charge in [-0.15, -0.1) is 0 Å². The molecule has 2 atom stereocenters. The molecular weight excluding hydrogens is 323 g/mol. The van der Waals surface area contributed by atoms with Crippen molar-refractivity contribution in [1.29, 1.82) is 0 Å². The highest BCUT2D eigenvalue weighted by Crippen LogP contribution is 2.53. The van der Waals surface area contributed by atoms with Crippen molar-refractivity contribution >= 4 is 7.82 Å². The summed E-state index contributed by atoms with van der Waals surface area (Å²) in [5.41, 5.74) is 0. The Morgan fingerprint density at radius 3 is 1.46 bits per heavy atom. The number of rotatable bonds is 17. The smallest absolute Gasteiger partial charge is 0.287 e. The van der Waals surface area contributed by atoms with Crippen molar-refractivity contribution in [1.82, 2.24) is 0 Å². The highest BCUT2D eigenvalue weighted by molar-refractivity contribution is 7.48. The van der Waals surface area contributed by atoms with Gasteiger partial charge in [0.2, 0.25) is 0 Å². The fourth-order valence-corrected chi connectivity index (χ4v) is 4.39. The van der Waals surface area contributed by atoms with Gasteiger partial charge in [0, 0.05) is 0 Å². The average molecular weight is 365 g/mol. The second-order valence-corrected chi connectivity index (χ2v) is 8.17. The minimum atomic E-state index is -3.49. The Balaban J connectivity index is 4.94. The minimum Gasteiger partial charge on any atom is -0.287 e. The molecule has 0 aliphatic carbocycles. The van der Waals surface area contributed by atoms with Crippen LogP contribution in [0.25, 0.3) is 0 Å². The number of unbranched alkanes of at least 4 members (excludes halogenated alkanes) is 2. The second kappa shape index (κ2) is 15.4. The van der Waals surface area contributed by atoms with E-state index in [1.165, 1.54) is 0 Å². The molecule has 2 unspecified atom stereocenters. The Kier molecular flexibility index (Phi) is 15.4. The Labute approximate surface area is 150 Å². The molecule has 0 aromatic carbocycles. The fraction of sp³-hybridized carbons (Fsp3) is 1.00. The van der Waals surface area contributed by atoms with Crippen LogP contribution in [-0.2, 0) is 18.1 Å². The maximum Gasteiger partial charge on any atom is 0.475 e. The van der Waals surface area contributed by atoms with E-state index >= 15 is 0 Å². The Morgan fingerprint density at radius 1 is 0.667 bits per heavy atom. The van der Waals surface area contributed by atoms with Gasteiger partial charge in [-0.25, -0.2) is 4.57 Å². The topological polar surface area (TPSA) is 44.8 Å². The summed E-state index contributed by atoms with van der Waals surface area (Å²) in [7, 11) is -3.49. The molecule has 5 heteroatoms. The molecule has 0 N–H and O–H groups in total. The normalized spacial score (nSPS) is 16.7. The monoisotopic (exact) mass is 364 g/mol. The highest BCUT2D eigenvalue weighted by Gasteiger charge is 2.33. The molecule has 0 aliphatic heterocycles. The third kappa shape index (κ3) is 11.6. The number of phosphoric acid groups is 1. The van der Waals surface area contributed by atoms with Crippen molar-refractivity contribution in [2.24, 2.45) is 0 Å². The van der Waals surface area contributed by atoms with Gasteiger partial charge < -0.3 is 0 Å². The molecule has 0 aromatic heterocycles. The molecular formula is C19H41O4P. The largest absolute Gasteiger partial charge is 0.475 e. The summed E-state index contributed by atoms with van der Waals surface area (Å²) in [6, 6.07) is 0. The molecule has 0 radical (unpaired) electrons. The van der Waals surface area contributed by atoms with Crippen molar-refractivity contribution in [2.75, 3.05) is 6.61 Å². The van der Waals surface area contributed by atoms with Gasteiger partial charge in [0.15, 0.2) is 0 Å². The first-order valence-electron chi connectivity index (χ1n) is 10.2. The molecule has 0 saturated heterocycles. The molecule has 0 saturated carbocycles. The van der Waals surface area contributed by atoms with E-state index in [1.54, 1.807) is 0 Å². The Morgan fingerprint density at radius 2 is 1.12 bits per heavy atom. The average Bonchev–Trinajstić information content (AvgIpc) is 2.56. The quantitative estimate of drug-likeness (QED) is 0.254. The summed E-state index contributed by atoms with van der Waals surface area (Å²) in [4.78, 5) is 0. The molecule has 0 aliphatic rings. The van der Waals surface area contributed by atoms with Crippen LogP contribution in [0.3, 0.4) is 0 Å². The first kappa shape index (κ1) is 24.1. The third-order valence-corrected chi connectivity index (χ3v) is 5.60. The molecule has 0 amide bonds. The zero-order chi connectivity index (χ0) is 18.3. The van der Waals surface area contributed by atoms with Crippen molar-refractivity contribution in [3.63, 3.8) is 0 Å². The van der Waals surface area contributed by atoms with Crippen LogP contribution in [0.4, 0.5) is 0 Å². The van der Waals surface area contributed by atoms with Crippen LogP contribution in [0, 0.1) is 0 Å². The van der Waals surface area contributed by atoms with Gasteiger partial charge in [-0.05, 0) is 32.1 Å². The zero-order valence-electron chi connectivity index (χ0n) is 16.7. The van der Waals surface area contributed by atoms with Gasteiger partial charge in [-0.3, -0.25) is 13.6 Å². The maximum absolute atomic E-state index is 13.2. The van der Waals surface area contributed by atoms with Crippen molar-refractivity contribution in [3.05, 3.63) is 0 Å². The van der Waals surface area contributed by atoms with Gasteiger partial charge >= 0.3 is 7.82 Å². The summed E-state index contributed by atoms with van der Waals surface area (Å²) in [5.74, 6) is 0. The predicted octanol–water partition coefficient (Wildman–Crippen LogP) is 7.27. The van der Waals surface area contributed by atoms with E-state index in [9.17, 15) is 4.57 Å². The maximum atomic E-state index is 13.2. The predicted molar refractivity (Wildman–Crippen MR) is 102 cm³/mol. The Hall–Kier alpha value is 0.110. The third-order valence-electron chi connectivity index (χ3n) is 3.99. The highest BCUT2D eigenvalue weighted by atomic mass is 31.2. The molecule has 0 bridgehead atoms. The molecule has 0 aromatic rings. The molecule has 0 spiro atoms. The fourth-order valence-electron chi connectivity index (χ4n) is 2.66. The van der Waals surface area contributed by atoms with Crippen LogP contribution in [0.1, 0.15) is 105 Å². The van der Waals surface area contributed by atoms with Crippen LogP contribution in [-0.4, -0.2) is 18.8 Å². The molecule has 24 heavy (non-hydrogen) atoms. The van der Waals surface area contributed by atoms with E-state index in [2.05, 4.69) is 27.7 Å². The van der Waals surface area contributed by atoms with E-state index in [0.717, 1.165) is 70.6 Å². The minimum absolute atomic E-state index is 0.0360. The van der Waals surface area contributed by atoms with Crippen molar-refractivity contribution < 1.29 is 18.1 Å². The van der Waals surface area contributed by atoms with Gasteiger partial charge in [-0.2, -0.15) is 0 Å². The van der Waals surface area contributed by atoms with Gasteiger partial charge in [-0.1, -0.05) is 73.1 Å². The van der Waals surface area contributed by atoms with E-state index < -0.39 is 7.82 Å². The summed E-state index contributed by atoms with van der Waals surface area (Å²) in [6.45, 7) is 11.0. The lowest BCUT2D eigenvalue weighted by atomic mass is 10.1. The number of hydrogen-bond donors (Lipinski definition) is 0. The summed E-state index contributed by atoms with van der Waals surface area (Å²) in [6.07, 6.45) is 10.8. The lowest BCUT2D eigenvalue weighted by Gasteiger charge is -2.27. The van der Waals surface area contributed by atoms with E-state index in [4.69, 9.17) is 13.6 Å². The lowest BCUT2D eigenvalue weighted by Crippen LogP contribution is -2.18. The summed E-state index contributed by atoms with van der Waals surface area (Å²) < 4.78 is 30.7. The van der Waals surface area contributed by atoms with Crippen molar-refractivity contribution in [3.8, 4) is 0 Å². The standard InChI is InChI=1S/C19H41O4P/c1-6-11-15-18(13-8-3)22-24(20,21-17-10-5)23-19(14-9-4)16-12-7-2/h18-19H,6-17H2,1-5H3. The van der Waals surface area contributed by atoms with Crippen LogP contribution in [0.2, 0.25) is 0 Å². The van der Waals surface area contributed by atoms with Crippen molar-refractivity contribution in [2.45, 2.75) is 117 Å². The first-order chi connectivity index (χ1) is 11.5. The molecule has 0 heterocycles. The number of phosphoric ester groups is 1. The molecule has 146 valence electrons. The molecule has 0 fully saturated rings. The van der Waals surface area contributed by atoms with E-state index in [1.807, 2.05) is 6.92 Å². The van der Waals surface area contributed by atoms with Gasteiger partial charge in [0.05, 0.1) is 18.8 Å². The second-order valence-electron chi connectivity index (χ2n) is 6.60. The summed E-state index contributed by atoms with van der Waals surface area (Å²) >= 11 is 0.